The first kappa shape index (κ1) is 33.7. The van der Waals surface area contributed by atoms with Gasteiger partial charge < -0.3 is 25.7 Å². The summed E-state index contributed by atoms with van der Waals surface area (Å²) >= 11 is 0. The smallest absolute Gasteiger partial charge is 0.317 e. The Bertz CT molecular complexity index is 710. The highest BCUT2D eigenvalue weighted by Crippen LogP contribution is 2.02. The Morgan fingerprint density at radius 3 is 1.50 bits per heavy atom. The van der Waals surface area contributed by atoms with Gasteiger partial charge in [-0.3, -0.25) is 33.9 Å². The molecule has 38 heavy (non-hydrogen) atoms. The SMILES string of the molecule is CCCCNC(=O)CCCCCNC(=O)CN1CCN(CC)CCN(CC(=O)O)CCN(CC(=O)O)CC1. The van der Waals surface area contributed by atoms with Crippen molar-refractivity contribution in [2.75, 3.05) is 91.6 Å². The van der Waals surface area contributed by atoms with Gasteiger partial charge in [-0.25, -0.2) is 0 Å². The predicted molar refractivity (Wildman–Crippen MR) is 146 cm³/mol. The van der Waals surface area contributed by atoms with Crippen LogP contribution in [0.2, 0.25) is 0 Å². The molecule has 0 saturated carbocycles. The van der Waals surface area contributed by atoms with Crippen LogP contribution in [-0.2, 0) is 19.2 Å². The van der Waals surface area contributed by atoms with Gasteiger partial charge in [-0.15, -0.1) is 0 Å². The molecule has 12 nitrogen and oxygen atoms in total. The van der Waals surface area contributed by atoms with Gasteiger partial charge in [0.05, 0.1) is 19.6 Å². The van der Waals surface area contributed by atoms with Crippen molar-refractivity contribution in [1.29, 1.82) is 0 Å². The molecule has 0 spiro atoms. The average Bonchev–Trinajstić information content (AvgIpc) is 2.85. The van der Waals surface area contributed by atoms with Gasteiger partial charge in [-0.05, 0) is 25.8 Å². The number of unbranched alkanes of at least 4 members (excludes halogenated alkanes) is 3. The first-order valence-corrected chi connectivity index (χ1v) is 14.1. The number of nitrogens with one attached hydrogen (secondary N) is 2. The molecule has 2 amide bonds. The number of carbonyl (C=O) groups is 4. The lowest BCUT2D eigenvalue weighted by Crippen LogP contribution is -2.49. The third kappa shape index (κ3) is 17.3. The van der Waals surface area contributed by atoms with E-state index in [1.807, 2.05) is 4.90 Å². The molecule has 1 fully saturated rings. The Labute approximate surface area is 227 Å². The van der Waals surface area contributed by atoms with Crippen molar-refractivity contribution in [3.8, 4) is 0 Å². The third-order valence-corrected chi connectivity index (χ3v) is 6.72. The molecule has 0 bridgehead atoms. The van der Waals surface area contributed by atoms with Crippen LogP contribution >= 0.6 is 0 Å². The number of nitrogens with zero attached hydrogens (tertiary/aromatic N) is 4. The van der Waals surface area contributed by atoms with Crippen LogP contribution in [-0.4, -0.2) is 145 Å². The van der Waals surface area contributed by atoms with Crippen LogP contribution in [0.1, 0.15) is 52.4 Å². The largest absolute Gasteiger partial charge is 0.480 e. The molecule has 1 aliphatic rings. The van der Waals surface area contributed by atoms with Crippen molar-refractivity contribution < 1.29 is 29.4 Å². The van der Waals surface area contributed by atoms with Crippen molar-refractivity contribution in [2.24, 2.45) is 0 Å². The minimum atomic E-state index is -0.929. The highest BCUT2D eigenvalue weighted by molar-refractivity contribution is 5.78. The Kier molecular flexibility index (Phi) is 18.3. The highest BCUT2D eigenvalue weighted by Gasteiger charge is 2.19. The standard InChI is InChI=1S/C26H50N6O6/c1-3-5-10-27-23(33)9-7-6-8-11-28-24(34)20-30-14-12-29(4-2)13-15-31(21-25(35)36)18-19-32(17-16-30)22-26(37)38/h3-22H2,1-2H3,(H,27,33)(H,28,34)(H,35,36)(H,37,38). The summed E-state index contributed by atoms with van der Waals surface area (Å²) in [4.78, 5) is 55.0. The van der Waals surface area contributed by atoms with Crippen molar-refractivity contribution in [3.05, 3.63) is 0 Å². The summed E-state index contributed by atoms with van der Waals surface area (Å²) in [6.45, 7) is 10.9. The average molecular weight is 543 g/mol. The molecule has 0 aromatic heterocycles. The molecule has 0 atom stereocenters. The van der Waals surface area contributed by atoms with Gasteiger partial charge in [0.25, 0.3) is 0 Å². The summed E-state index contributed by atoms with van der Waals surface area (Å²) in [6, 6.07) is 0. The van der Waals surface area contributed by atoms with E-state index in [4.69, 9.17) is 0 Å². The monoisotopic (exact) mass is 542 g/mol. The summed E-state index contributed by atoms with van der Waals surface area (Å²) < 4.78 is 0. The Morgan fingerprint density at radius 2 is 1.03 bits per heavy atom. The van der Waals surface area contributed by atoms with Gasteiger partial charge in [-0.2, -0.15) is 0 Å². The number of hydrogen-bond acceptors (Lipinski definition) is 8. The number of carbonyl (C=O) groups excluding carboxylic acids is 2. The maximum atomic E-state index is 12.6. The van der Waals surface area contributed by atoms with E-state index in [1.165, 1.54) is 0 Å². The molecule has 1 saturated heterocycles. The first-order chi connectivity index (χ1) is 18.2. The van der Waals surface area contributed by atoms with Crippen molar-refractivity contribution in [3.63, 3.8) is 0 Å². The van der Waals surface area contributed by atoms with Crippen molar-refractivity contribution in [2.45, 2.75) is 52.4 Å². The molecule has 1 heterocycles. The maximum absolute atomic E-state index is 12.6. The molecule has 220 valence electrons. The van der Waals surface area contributed by atoms with Gasteiger partial charge >= 0.3 is 11.9 Å². The Morgan fingerprint density at radius 1 is 0.579 bits per heavy atom. The second kappa shape index (κ2) is 20.7. The number of likely N-dealkylation sites (N-methyl/N-ethyl adjacent to an activating group) is 1. The van der Waals surface area contributed by atoms with Gasteiger partial charge in [0, 0.05) is 71.9 Å². The lowest BCUT2D eigenvalue weighted by molar-refractivity contribution is -0.140. The molecular weight excluding hydrogens is 492 g/mol. The second-order valence-electron chi connectivity index (χ2n) is 9.91. The van der Waals surface area contributed by atoms with Crippen LogP contribution < -0.4 is 10.6 Å². The molecule has 4 N–H and O–H groups in total. The van der Waals surface area contributed by atoms with Crippen LogP contribution in [0.4, 0.5) is 0 Å². The fourth-order valence-electron chi connectivity index (χ4n) is 4.32. The number of hydrogen-bond donors (Lipinski definition) is 4. The first-order valence-electron chi connectivity index (χ1n) is 14.1. The number of carboxylic acids is 2. The summed E-state index contributed by atoms with van der Waals surface area (Å²) in [5.74, 6) is -1.79. The quantitative estimate of drug-likeness (QED) is 0.196. The molecule has 0 aromatic carbocycles. The van der Waals surface area contributed by atoms with E-state index in [1.54, 1.807) is 4.90 Å². The molecule has 0 aromatic rings. The van der Waals surface area contributed by atoms with Crippen molar-refractivity contribution >= 4 is 23.8 Å². The van der Waals surface area contributed by atoms with Crippen LogP contribution in [0, 0.1) is 0 Å². The Balaban J connectivity index is 2.53. The van der Waals surface area contributed by atoms with Crippen LogP contribution in [0.5, 0.6) is 0 Å². The summed E-state index contributed by atoms with van der Waals surface area (Å²) in [5.41, 5.74) is 0. The molecule has 0 aliphatic carbocycles. The number of amides is 2. The third-order valence-electron chi connectivity index (χ3n) is 6.72. The zero-order chi connectivity index (χ0) is 28.2. The number of carboxylic acid groups (broad SMARTS) is 2. The van der Waals surface area contributed by atoms with Gasteiger partial charge in [-0.1, -0.05) is 26.7 Å². The molecular formula is C26H50N6O6. The minimum Gasteiger partial charge on any atom is -0.480 e. The van der Waals surface area contributed by atoms with E-state index in [0.29, 0.717) is 58.8 Å². The van der Waals surface area contributed by atoms with E-state index >= 15 is 0 Å². The minimum absolute atomic E-state index is 0.0603. The van der Waals surface area contributed by atoms with Crippen LogP contribution in [0.25, 0.3) is 0 Å². The predicted octanol–water partition coefficient (Wildman–Crippen LogP) is -0.01000. The zero-order valence-electron chi connectivity index (χ0n) is 23.5. The summed E-state index contributed by atoms with van der Waals surface area (Å²) in [7, 11) is 0. The van der Waals surface area contributed by atoms with Crippen LogP contribution in [0.15, 0.2) is 0 Å². The number of rotatable bonds is 16. The summed E-state index contributed by atoms with van der Waals surface area (Å²) in [6.07, 6.45) is 5.06. The molecule has 0 unspecified atom stereocenters. The van der Waals surface area contributed by atoms with Crippen LogP contribution in [0.3, 0.4) is 0 Å². The fraction of sp³-hybridized carbons (Fsp3) is 0.846. The maximum Gasteiger partial charge on any atom is 0.317 e. The van der Waals surface area contributed by atoms with Gasteiger partial charge in [0.1, 0.15) is 0 Å². The van der Waals surface area contributed by atoms with Crippen molar-refractivity contribution in [1.82, 2.24) is 30.2 Å². The zero-order valence-corrected chi connectivity index (χ0v) is 23.5. The second-order valence-corrected chi connectivity index (χ2v) is 9.91. The highest BCUT2D eigenvalue weighted by atomic mass is 16.4. The fourth-order valence-corrected chi connectivity index (χ4v) is 4.32. The molecule has 12 heteroatoms. The topological polar surface area (TPSA) is 146 Å². The van der Waals surface area contributed by atoms with Gasteiger partial charge in [0.15, 0.2) is 0 Å². The lowest BCUT2D eigenvalue weighted by atomic mass is 10.2. The van der Waals surface area contributed by atoms with E-state index in [-0.39, 0.29) is 31.4 Å². The molecule has 0 radical (unpaired) electrons. The lowest BCUT2D eigenvalue weighted by Gasteiger charge is -2.33. The van der Waals surface area contributed by atoms with E-state index < -0.39 is 11.9 Å². The number of aliphatic carboxylic acids is 2. The normalized spacial score (nSPS) is 17.3. The van der Waals surface area contributed by atoms with E-state index in [9.17, 15) is 29.4 Å². The van der Waals surface area contributed by atoms with Gasteiger partial charge in [0.2, 0.25) is 11.8 Å². The summed E-state index contributed by atoms with van der Waals surface area (Å²) in [5, 5.41) is 24.5. The van der Waals surface area contributed by atoms with E-state index in [2.05, 4.69) is 34.3 Å². The van der Waals surface area contributed by atoms with E-state index in [0.717, 1.165) is 51.7 Å². The molecule has 1 rings (SSSR count). The Hall–Kier alpha value is -2.28. The molecule has 1 aliphatic heterocycles.